The van der Waals surface area contributed by atoms with Crippen LogP contribution in [0.25, 0.3) is 0 Å². The molecule has 1 fully saturated rings. The Morgan fingerprint density at radius 1 is 0.963 bits per heavy atom. The summed E-state index contributed by atoms with van der Waals surface area (Å²) in [7, 11) is -8.11. The first kappa shape index (κ1) is 19.9. The summed E-state index contributed by atoms with van der Waals surface area (Å²) in [5, 5.41) is -1.93. The quantitative estimate of drug-likeness (QED) is 0.735. The summed E-state index contributed by atoms with van der Waals surface area (Å²) in [5.41, 5.74) is 5.97. The number of nitrogens with zero attached hydrogens (tertiary/aromatic N) is 2. The minimum Gasteiger partial charge on any atom is -0.399 e. The fraction of sp³-hybridized carbons (Fsp3) is 0.375. The average molecular weight is 419 g/mol. The Morgan fingerprint density at radius 3 is 2.07 bits per heavy atom. The third-order valence-electron chi connectivity index (χ3n) is 4.51. The van der Waals surface area contributed by atoms with Crippen molar-refractivity contribution in [1.82, 2.24) is 8.61 Å². The molecule has 3 rings (SSSR count). The first-order valence-electron chi connectivity index (χ1n) is 8.16. The van der Waals surface area contributed by atoms with E-state index in [1.807, 2.05) is 0 Å². The lowest BCUT2D eigenvalue weighted by Gasteiger charge is -2.35. The fourth-order valence-corrected chi connectivity index (χ4v) is 6.22. The maximum absolute atomic E-state index is 14.0. The first-order chi connectivity index (χ1) is 12.6. The largest absolute Gasteiger partial charge is 0.399 e. The Morgan fingerprint density at radius 2 is 1.52 bits per heavy atom. The van der Waals surface area contributed by atoms with Gasteiger partial charge in [0.05, 0.1) is 4.90 Å². The lowest BCUT2D eigenvalue weighted by Crippen LogP contribution is -2.53. The smallest absolute Gasteiger partial charge is 0.243 e. The standard InChI is InChI=1S/C16H19F2N3O4S2/c17-14-2-1-3-15(18)16(14)27(24,25)21-10-8-20(9-11-21)26(22,23)13-6-4-12(19)5-7-13/h1-7,14,16H,8-11,19H2. The number of piperazine rings is 1. The molecule has 0 bridgehead atoms. The van der Waals surface area contributed by atoms with Gasteiger partial charge in [-0.15, -0.1) is 0 Å². The molecule has 0 saturated carbocycles. The van der Waals surface area contributed by atoms with Gasteiger partial charge in [-0.05, 0) is 36.4 Å². The Labute approximate surface area is 156 Å². The van der Waals surface area contributed by atoms with Crippen LogP contribution >= 0.6 is 0 Å². The van der Waals surface area contributed by atoms with Gasteiger partial charge in [-0.2, -0.15) is 8.61 Å². The van der Waals surface area contributed by atoms with E-state index in [0.29, 0.717) is 5.69 Å². The lowest BCUT2D eigenvalue weighted by atomic mass is 10.1. The van der Waals surface area contributed by atoms with Gasteiger partial charge >= 0.3 is 0 Å². The second-order valence-electron chi connectivity index (χ2n) is 6.22. The monoisotopic (exact) mass is 419 g/mol. The van der Waals surface area contributed by atoms with Crippen molar-refractivity contribution in [2.24, 2.45) is 0 Å². The van der Waals surface area contributed by atoms with E-state index in [-0.39, 0.29) is 31.1 Å². The topological polar surface area (TPSA) is 101 Å². The predicted molar refractivity (Wildman–Crippen MR) is 97.1 cm³/mol. The number of nitrogens with two attached hydrogens (primary N) is 1. The second-order valence-corrected chi connectivity index (χ2v) is 10.2. The van der Waals surface area contributed by atoms with E-state index in [4.69, 9.17) is 5.73 Å². The molecule has 1 heterocycles. The maximum atomic E-state index is 14.0. The number of sulfonamides is 2. The Hall–Kier alpha value is -1.82. The van der Waals surface area contributed by atoms with E-state index >= 15 is 0 Å². The maximum Gasteiger partial charge on any atom is 0.243 e. The molecule has 0 spiro atoms. The minimum atomic E-state index is -4.30. The molecule has 2 unspecified atom stereocenters. The van der Waals surface area contributed by atoms with E-state index in [0.717, 1.165) is 26.8 Å². The number of halogens is 2. The van der Waals surface area contributed by atoms with Gasteiger partial charge in [0.25, 0.3) is 0 Å². The van der Waals surface area contributed by atoms with Gasteiger partial charge in [-0.25, -0.2) is 25.6 Å². The van der Waals surface area contributed by atoms with Crippen molar-refractivity contribution in [3.8, 4) is 0 Å². The van der Waals surface area contributed by atoms with Gasteiger partial charge in [0.15, 0.2) is 5.25 Å². The molecule has 0 aromatic heterocycles. The summed E-state index contributed by atoms with van der Waals surface area (Å²) in [6, 6.07) is 5.66. The third-order valence-corrected chi connectivity index (χ3v) is 8.63. The molecular formula is C16H19F2N3O4S2. The van der Waals surface area contributed by atoms with Crippen molar-refractivity contribution in [3.63, 3.8) is 0 Å². The van der Waals surface area contributed by atoms with Crippen LogP contribution < -0.4 is 5.73 Å². The first-order valence-corrected chi connectivity index (χ1v) is 11.1. The molecule has 1 aromatic rings. The minimum absolute atomic E-state index is 0.0447. The number of hydrogen-bond donors (Lipinski definition) is 1. The van der Waals surface area contributed by atoms with Crippen molar-refractivity contribution in [2.45, 2.75) is 16.3 Å². The predicted octanol–water partition coefficient (Wildman–Crippen LogP) is 1.03. The molecule has 1 aromatic carbocycles. The molecule has 148 valence electrons. The van der Waals surface area contributed by atoms with Crippen LogP contribution in [0.3, 0.4) is 0 Å². The highest BCUT2D eigenvalue weighted by molar-refractivity contribution is 7.90. The zero-order valence-electron chi connectivity index (χ0n) is 14.2. The van der Waals surface area contributed by atoms with Crippen molar-refractivity contribution >= 4 is 25.7 Å². The van der Waals surface area contributed by atoms with Gasteiger partial charge in [-0.1, -0.05) is 6.08 Å². The second kappa shape index (κ2) is 7.30. The molecule has 11 heteroatoms. The number of allylic oxidation sites excluding steroid dienone is 3. The van der Waals surface area contributed by atoms with E-state index in [1.165, 1.54) is 24.3 Å². The fourth-order valence-electron chi connectivity index (χ4n) is 3.02. The van der Waals surface area contributed by atoms with Gasteiger partial charge < -0.3 is 5.73 Å². The van der Waals surface area contributed by atoms with Crippen LogP contribution in [0.1, 0.15) is 0 Å². The zero-order chi connectivity index (χ0) is 19.8. The molecule has 2 atom stereocenters. The van der Waals surface area contributed by atoms with Crippen LogP contribution in [-0.4, -0.2) is 63.0 Å². The Balaban J connectivity index is 1.74. The van der Waals surface area contributed by atoms with Gasteiger partial charge in [0.2, 0.25) is 20.0 Å². The van der Waals surface area contributed by atoms with Crippen molar-refractivity contribution in [2.75, 3.05) is 31.9 Å². The highest BCUT2D eigenvalue weighted by atomic mass is 32.2. The van der Waals surface area contributed by atoms with Crippen LogP contribution in [0.4, 0.5) is 14.5 Å². The summed E-state index contributed by atoms with van der Waals surface area (Å²) >= 11 is 0. The molecule has 1 aliphatic heterocycles. The number of benzene rings is 1. The lowest BCUT2D eigenvalue weighted by molar-refractivity contribution is 0.265. The number of nitrogen functional groups attached to an aromatic ring is 1. The molecule has 1 aliphatic carbocycles. The summed E-state index contributed by atoms with van der Waals surface area (Å²) < 4.78 is 80.5. The van der Waals surface area contributed by atoms with E-state index < -0.39 is 37.3 Å². The summed E-state index contributed by atoms with van der Waals surface area (Å²) in [6.07, 6.45) is 1.03. The highest BCUT2D eigenvalue weighted by Crippen LogP contribution is 2.28. The number of hydrogen-bond acceptors (Lipinski definition) is 5. The summed E-state index contributed by atoms with van der Waals surface area (Å²) in [4.78, 5) is 0.0447. The zero-order valence-corrected chi connectivity index (χ0v) is 15.8. The van der Waals surface area contributed by atoms with Gasteiger partial charge in [0, 0.05) is 31.9 Å². The van der Waals surface area contributed by atoms with Crippen LogP contribution in [0.5, 0.6) is 0 Å². The van der Waals surface area contributed by atoms with Crippen LogP contribution in [-0.2, 0) is 20.0 Å². The summed E-state index contributed by atoms with van der Waals surface area (Å²) in [6.45, 7) is -0.596. The van der Waals surface area contributed by atoms with Crippen LogP contribution in [0, 0.1) is 0 Å². The normalized spacial score (nSPS) is 25.3. The number of alkyl halides is 1. The molecule has 2 N–H and O–H groups in total. The Bertz CT molecular complexity index is 967. The molecule has 0 amide bonds. The molecule has 27 heavy (non-hydrogen) atoms. The molecule has 7 nitrogen and oxygen atoms in total. The van der Waals surface area contributed by atoms with E-state index in [2.05, 4.69) is 0 Å². The summed E-state index contributed by atoms with van der Waals surface area (Å²) in [5.74, 6) is -1.07. The molecule has 1 saturated heterocycles. The highest BCUT2D eigenvalue weighted by Gasteiger charge is 2.43. The number of rotatable bonds is 4. The van der Waals surface area contributed by atoms with Crippen molar-refractivity contribution < 1.29 is 25.6 Å². The molecule has 0 radical (unpaired) electrons. The van der Waals surface area contributed by atoms with Gasteiger partial charge in [0.1, 0.15) is 12.0 Å². The van der Waals surface area contributed by atoms with Crippen LogP contribution in [0.15, 0.2) is 53.2 Å². The number of anilines is 1. The molecule has 2 aliphatic rings. The third kappa shape index (κ3) is 3.77. The average Bonchev–Trinajstić information content (AvgIpc) is 2.62. The molecular weight excluding hydrogens is 400 g/mol. The van der Waals surface area contributed by atoms with E-state index in [9.17, 15) is 25.6 Å². The van der Waals surface area contributed by atoms with E-state index in [1.54, 1.807) is 0 Å². The Kier molecular flexibility index (Phi) is 5.39. The SMILES string of the molecule is Nc1ccc(S(=O)(=O)N2CCN(S(=O)(=O)C3C(F)=CC=CC3F)CC2)cc1. The van der Waals surface area contributed by atoms with Crippen molar-refractivity contribution in [1.29, 1.82) is 0 Å². The van der Waals surface area contributed by atoms with Crippen LogP contribution in [0.2, 0.25) is 0 Å². The van der Waals surface area contributed by atoms with Crippen molar-refractivity contribution in [3.05, 3.63) is 48.3 Å². The van der Waals surface area contributed by atoms with Gasteiger partial charge in [-0.3, -0.25) is 0 Å².